The van der Waals surface area contributed by atoms with Crippen molar-refractivity contribution < 1.29 is 27.4 Å². The van der Waals surface area contributed by atoms with Crippen molar-refractivity contribution in [3.05, 3.63) is 20.9 Å². The lowest BCUT2D eigenvalue weighted by Crippen LogP contribution is -2.20. The predicted octanol–water partition coefficient (Wildman–Crippen LogP) is 3.11. The molecule has 1 aromatic rings. The van der Waals surface area contributed by atoms with E-state index in [1.54, 1.807) is 22.6 Å². The van der Waals surface area contributed by atoms with Crippen LogP contribution in [-0.2, 0) is 10.6 Å². The molecule has 0 saturated carbocycles. The molecule has 1 rings (SSSR count). The highest BCUT2D eigenvalue weighted by Crippen LogP contribution is 2.30. The first-order valence-electron chi connectivity index (χ1n) is 4.37. The zero-order valence-electron chi connectivity index (χ0n) is 8.85. The maximum atomic E-state index is 12.1. The molecule has 0 bridgehead atoms. The summed E-state index contributed by atoms with van der Waals surface area (Å²) in [4.78, 5) is 14.8. The van der Waals surface area contributed by atoms with Gasteiger partial charge in [-0.1, -0.05) is 0 Å². The number of alkyl halides is 4. The Hall–Kier alpha value is -0.770. The van der Waals surface area contributed by atoms with Gasteiger partial charge in [-0.25, -0.2) is 9.78 Å². The first kappa shape index (κ1) is 15.3. The Balaban J connectivity index is 3.24. The number of methoxy groups -OCH3 is 1. The molecule has 1 aromatic heterocycles. The molecule has 0 aliphatic carbocycles. The second kappa shape index (κ2) is 5.91. The van der Waals surface area contributed by atoms with E-state index in [-0.39, 0.29) is 20.6 Å². The highest BCUT2D eigenvalue weighted by molar-refractivity contribution is 14.1. The van der Waals surface area contributed by atoms with Gasteiger partial charge in [0.15, 0.2) is 0 Å². The Morgan fingerprint density at radius 1 is 1.56 bits per heavy atom. The number of carbonyl (C=O) groups excluding carboxylic acids is 1. The van der Waals surface area contributed by atoms with E-state index in [9.17, 15) is 18.0 Å². The van der Waals surface area contributed by atoms with Crippen LogP contribution in [0.1, 0.15) is 15.9 Å². The van der Waals surface area contributed by atoms with Gasteiger partial charge in [-0.15, -0.1) is 24.8 Å². The molecule has 0 fully saturated rings. The second-order valence-corrected chi connectivity index (χ2v) is 4.29. The molecule has 18 heavy (non-hydrogen) atoms. The first-order chi connectivity index (χ1) is 8.30. The number of carbonyl (C=O) groups is 1. The predicted molar refractivity (Wildman–Crippen MR) is 64.5 cm³/mol. The number of esters is 1. The van der Waals surface area contributed by atoms with Crippen LogP contribution in [0.2, 0.25) is 0 Å². The number of pyridine rings is 1. The second-order valence-electron chi connectivity index (χ2n) is 2.94. The molecule has 1 heterocycles. The van der Waals surface area contributed by atoms with Crippen LogP contribution < -0.4 is 4.74 Å². The van der Waals surface area contributed by atoms with Gasteiger partial charge in [0.05, 0.1) is 16.2 Å². The molecule has 9 heteroatoms. The van der Waals surface area contributed by atoms with Gasteiger partial charge < -0.3 is 9.47 Å². The molecule has 0 atom stereocenters. The molecule has 0 saturated heterocycles. The Bertz CT molecular complexity index is 467. The molecule has 0 aliphatic rings. The molecule has 0 radical (unpaired) electrons. The monoisotopic (exact) mass is 395 g/mol. The normalized spacial score (nSPS) is 11.2. The van der Waals surface area contributed by atoms with E-state index in [4.69, 9.17) is 11.6 Å². The lowest BCUT2D eigenvalue weighted by Gasteiger charge is -2.13. The summed E-state index contributed by atoms with van der Waals surface area (Å²) in [5.74, 6) is -1.54. The van der Waals surface area contributed by atoms with Crippen LogP contribution >= 0.6 is 34.2 Å². The SMILES string of the molecule is COC(=O)c1cnc(OC(F)(F)F)c(I)c1CCl. The van der Waals surface area contributed by atoms with Crippen LogP contribution in [0.5, 0.6) is 5.88 Å². The van der Waals surface area contributed by atoms with Crippen LogP contribution in [0.4, 0.5) is 13.2 Å². The van der Waals surface area contributed by atoms with Gasteiger partial charge in [-0.05, 0) is 22.6 Å². The first-order valence-corrected chi connectivity index (χ1v) is 5.99. The summed E-state index contributed by atoms with van der Waals surface area (Å²) in [6.07, 6.45) is -3.92. The third-order valence-corrected chi connectivity index (χ3v) is 3.22. The van der Waals surface area contributed by atoms with E-state index in [0.717, 1.165) is 13.3 Å². The molecule has 4 nitrogen and oxygen atoms in total. The highest BCUT2D eigenvalue weighted by Gasteiger charge is 2.33. The zero-order chi connectivity index (χ0) is 13.9. The van der Waals surface area contributed by atoms with Crippen LogP contribution in [0, 0.1) is 3.57 Å². The van der Waals surface area contributed by atoms with Gasteiger partial charge in [0.2, 0.25) is 5.88 Å². The summed E-state index contributed by atoms with van der Waals surface area (Å²) in [5.41, 5.74) is 0.185. The van der Waals surface area contributed by atoms with Gasteiger partial charge in [0.25, 0.3) is 0 Å². The Morgan fingerprint density at radius 2 is 2.17 bits per heavy atom. The minimum atomic E-state index is -4.86. The maximum absolute atomic E-state index is 12.1. The number of ether oxygens (including phenoxy) is 2. The van der Waals surface area contributed by atoms with Crippen LogP contribution in [0.25, 0.3) is 0 Å². The fraction of sp³-hybridized carbons (Fsp3) is 0.333. The summed E-state index contributed by atoms with van der Waals surface area (Å²) in [6, 6.07) is 0. The van der Waals surface area contributed by atoms with Gasteiger partial charge in [0.1, 0.15) is 0 Å². The molecular weight excluding hydrogens is 389 g/mol. The molecule has 0 aliphatic heterocycles. The Labute approximate surface area is 119 Å². The van der Waals surface area contributed by atoms with E-state index in [1.807, 2.05) is 0 Å². The molecule has 0 N–H and O–H groups in total. The lowest BCUT2D eigenvalue weighted by molar-refractivity contribution is -0.276. The lowest BCUT2D eigenvalue weighted by atomic mass is 10.1. The molecule has 0 amide bonds. The Morgan fingerprint density at radius 3 is 2.61 bits per heavy atom. The van der Waals surface area contributed by atoms with Crippen LogP contribution in [0.3, 0.4) is 0 Å². The third-order valence-electron chi connectivity index (χ3n) is 1.84. The summed E-state index contributed by atoms with van der Waals surface area (Å²) < 4.78 is 44.5. The number of nitrogens with zero attached hydrogens (tertiary/aromatic N) is 1. The standard InChI is InChI=1S/C9H6ClF3INO3/c1-17-8(16)5-3-15-7(18-9(11,12)13)6(14)4(5)2-10/h3H,2H2,1H3. The van der Waals surface area contributed by atoms with Crippen molar-refractivity contribution in [2.45, 2.75) is 12.2 Å². The van der Waals surface area contributed by atoms with Crippen molar-refractivity contribution >= 4 is 40.2 Å². The highest BCUT2D eigenvalue weighted by atomic mass is 127. The van der Waals surface area contributed by atoms with E-state index in [2.05, 4.69) is 14.5 Å². The number of hydrogen-bond acceptors (Lipinski definition) is 4. The average Bonchev–Trinajstić information content (AvgIpc) is 2.28. The quantitative estimate of drug-likeness (QED) is 0.448. The summed E-state index contributed by atoms with van der Waals surface area (Å²) >= 11 is 7.18. The number of hydrogen-bond donors (Lipinski definition) is 0. The van der Waals surface area contributed by atoms with E-state index >= 15 is 0 Å². The number of aromatic nitrogens is 1. The minimum Gasteiger partial charge on any atom is -0.465 e. The molecule has 0 spiro atoms. The fourth-order valence-corrected chi connectivity index (χ4v) is 2.34. The third kappa shape index (κ3) is 3.61. The van der Waals surface area contributed by atoms with Gasteiger partial charge in [-0.2, -0.15) is 0 Å². The maximum Gasteiger partial charge on any atom is 0.574 e. The van der Waals surface area contributed by atoms with Crippen molar-refractivity contribution in [2.24, 2.45) is 0 Å². The summed E-state index contributed by atoms with van der Waals surface area (Å²) in [7, 11) is 1.15. The van der Waals surface area contributed by atoms with E-state index < -0.39 is 18.2 Å². The van der Waals surface area contributed by atoms with Crippen molar-refractivity contribution in [2.75, 3.05) is 7.11 Å². The molecule has 100 valence electrons. The van der Waals surface area contributed by atoms with Crippen molar-refractivity contribution in [1.29, 1.82) is 0 Å². The van der Waals surface area contributed by atoms with Crippen molar-refractivity contribution in [1.82, 2.24) is 4.98 Å². The molecule has 0 unspecified atom stereocenters. The molecular formula is C9H6ClF3INO3. The summed E-state index contributed by atoms with van der Waals surface area (Å²) in [5, 5.41) is 0. The smallest absolute Gasteiger partial charge is 0.465 e. The van der Waals surface area contributed by atoms with Crippen LogP contribution in [0.15, 0.2) is 6.20 Å². The number of halogens is 5. The number of rotatable bonds is 3. The van der Waals surface area contributed by atoms with Crippen LogP contribution in [-0.4, -0.2) is 24.4 Å². The van der Waals surface area contributed by atoms with Gasteiger partial charge >= 0.3 is 12.3 Å². The zero-order valence-corrected chi connectivity index (χ0v) is 11.8. The molecule has 0 aromatic carbocycles. The average molecular weight is 396 g/mol. The minimum absolute atomic E-state index is 0.00595. The fourth-order valence-electron chi connectivity index (χ4n) is 1.10. The van der Waals surface area contributed by atoms with E-state index in [1.165, 1.54) is 0 Å². The van der Waals surface area contributed by atoms with Gasteiger partial charge in [0, 0.05) is 17.6 Å². The summed E-state index contributed by atoms with van der Waals surface area (Å²) in [6.45, 7) is 0. The van der Waals surface area contributed by atoms with Crippen molar-refractivity contribution in [3.63, 3.8) is 0 Å². The Kier molecular flexibility index (Phi) is 5.02. The van der Waals surface area contributed by atoms with Gasteiger partial charge in [-0.3, -0.25) is 0 Å². The largest absolute Gasteiger partial charge is 0.574 e. The van der Waals surface area contributed by atoms with E-state index in [0.29, 0.717) is 0 Å². The van der Waals surface area contributed by atoms with Crippen molar-refractivity contribution in [3.8, 4) is 5.88 Å². The topological polar surface area (TPSA) is 48.4 Å².